The third-order valence-electron chi connectivity index (χ3n) is 0.960. The molecule has 0 aromatic heterocycles. The second-order valence-corrected chi connectivity index (χ2v) is 4.40. The van der Waals surface area contributed by atoms with Gasteiger partial charge in [-0.05, 0) is 6.55 Å². The standard InChI is InChI=1S/C5H13ClNOSi/c1-4-7(5-2)8-9(3)6/h4-5H2,1-3H3. The lowest BCUT2D eigenvalue weighted by molar-refractivity contribution is -0.0485. The first kappa shape index (κ1) is 9.43. The summed E-state index contributed by atoms with van der Waals surface area (Å²) in [6.07, 6.45) is 0. The van der Waals surface area contributed by atoms with Crippen LogP contribution in [0, 0.1) is 0 Å². The first-order valence-electron chi connectivity index (χ1n) is 3.12. The molecule has 0 heterocycles. The molecule has 0 atom stereocenters. The molecule has 0 fully saturated rings. The van der Waals surface area contributed by atoms with Crippen LogP contribution < -0.4 is 0 Å². The number of rotatable bonds is 4. The fraction of sp³-hybridized carbons (Fsp3) is 1.00. The van der Waals surface area contributed by atoms with Crippen LogP contribution in [0.25, 0.3) is 0 Å². The molecule has 9 heavy (non-hydrogen) atoms. The maximum Gasteiger partial charge on any atom is 0.344 e. The highest BCUT2D eigenvalue weighted by Gasteiger charge is 2.05. The molecule has 0 rings (SSSR count). The first-order chi connectivity index (χ1) is 4.20. The van der Waals surface area contributed by atoms with E-state index in [-0.39, 0.29) is 0 Å². The highest BCUT2D eigenvalue weighted by molar-refractivity contribution is 7.02. The van der Waals surface area contributed by atoms with Gasteiger partial charge < -0.3 is 4.53 Å². The first-order valence-corrected chi connectivity index (χ1v) is 6.04. The van der Waals surface area contributed by atoms with Crippen LogP contribution in [0.2, 0.25) is 6.55 Å². The van der Waals surface area contributed by atoms with Crippen LogP contribution in [0.1, 0.15) is 13.8 Å². The Morgan fingerprint density at radius 1 is 1.44 bits per heavy atom. The summed E-state index contributed by atoms with van der Waals surface area (Å²) in [5, 5.41) is 1.86. The lowest BCUT2D eigenvalue weighted by atomic mass is 10.6. The van der Waals surface area contributed by atoms with Crippen LogP contribution in [0.3, 0.4) is 0 Å². The highest BCUT2D eigenvalue weighted by atomic mass is 35.6. The van der Waals surface area contributed by atoms with E-state index >= 15 is 0 Å². The predicted molar refractivity (Wildman–Crippen MR) is 41.5 cm³/mol. The Labute approximate surface area is 63.1 Å². The minimum atomic E-state index is -1.06. The molecule has 0 aliphatic heterocycles. The second-order valence-electron chi connectivity index (χ2n) is 1.68. The minimum Gasteiger partial charge on any atom is -0.323 e. The van der Waals surface area contributed by atoms with Gasteiger partial charge in [0.25, 0.3) is 0 Å². The van der Waals surface area contributed by atoms with Crippen molar-refractivity contribution >= 4 is 19.4 Å². The van der Waals surface area contributed by atoms with E-state index in [2.05, 4.69) is 0 Å². The van der Waals surface area contributed by atoms with Gasteiger partial charge in [0.15, 0.2) is 0 Å². The van der Waals surface area contributed by atoms with Gasteiger partial charge in [-0.25, -0.2) is 5.06 Å². The van der Waals surface area contributed by atoms with Crippen molar-refractivity contribution in [3.05, 3.63) is 0 Å². The van der Waals surface area contributed by atoms with Crippen molar-refractivity contribution in [2.45, 2.75) is 20.4 Å². The number of halogens is 1. The van der Waals surface area contributed by atoms with Crippen LogP contribution in [-0.2, 0) is 4.53 Å². The van der Waals surface area contributed by atoms with E-state index in [9.17, 15) is 0 Å². The molecule has 4 heteroatoms. The molecule has 0 saturated carbocycles. The topological polar surface area (TPSA) is 12.5 Å². The molecular weight excluding hydrogens is 154 g/mol. The zero-order chi connectivity index (χ0) is 7.28. The zero-order valence-electron chi connectivity index (χ0n) is 6.15. The summed E-state index contributed by atoms with van der Waals surface area (Å²) in [7, 11) is -1.06. The molecule has 0 spiro atoms. The molecule has 0 unspecified atom stereocenters. The maximum absolute atomic E-state index is 5.67. The third kappa shape index (κ3) is 4.90. The van der Waals surface area contributed by atoms with Crippen LogP contribution in [0.4, 0.5) is 0 Å². The van der Waals surface area contributed by atoms with Crippen molar-refractivity contribution in [1.82, 2.24) is 5.06 Å². The molecule has 1 radical (unpaired) electrons. The van der Waals surface area contributed by atoms with E-state index in [4.69, 9.17) is 15.6 Å². The molecule has 0 aromatic rings. The Morgan fingerprint density at radius 2 is 1.89 bits per heavy atom. The fourth-order valence-corrected chi connectivity index (χ4v) is 1.44. The Morgan fingerprint density at radius 3 is 2.00 bits per heavy atom. The molecule has 0 bridgehead atoms. The van der Waals surface area contributed by atoms with Gasteiger partial charge in [-0.1, -0.05) is 13.8 Å². The number of hydrogen-bond acceptors (Lipinski definition) is 2. The summed E-state index contributed by atoms with van der Waals surface area (Å²) in [5.41, 5.74) is 0. The maximum atomic E-state index is 5.67. The van der Waals surface area contributed by atoms with Gasteiger partial charge in [0, 0.05) is 13.1 Å². The summed E-state index contributed by atoms with van der Waals surface area (Å²) in [6, 6.07) is 0. The molecule has 0 aliphatic rings. The smallest absolute Gasteiger partial charge is 0.323 e. The molecule has 2 nitrogen and oxygen atoms in total. The van der Waals surface area contributed by atoms with Gasteiger partial charge in [-0.3, -0.25) is 0 Å². The van der Waals surface area contributed by atoms with Crippen LogP contribution in [-0.4, -0.2) is 26.5 Å². The van der Waals surface area contributed by atoms with Crippen LogP contribution in [0.15, 0.2) is 0 Å². The molecule has 0 amide bonds. The molecule has 0 aromatic carbocycles. The van der Waals surface area contributed by atoms with Gasteiger partial charge in [0.2, 0.25) is 0 Å². The third-order valence-corrected chi connectivity index (χ3v) is 1.68. The molecule has 55 valence electrons. The van der Waals surface area contributed by atoms with Gasteiger partial charge in [0.1, 0.15) is 0 Å². The molecule has 0 saturated heterocycles. The highest BCUT2D eigenvalue weighted by Crippen LogP contribution is 1.96. The quantitative estimate of drug-likeness (QED) is 0.358. The number of hydroxylamine groups is 2. The zero-order valence-corrected chi connectivity index (χ0v) is 7.90. The van der Waals surface area contributed by atoms with Crippen molar-refractivity contribution in [1.29, 1.82) is 0 Å². The van der Waals surface area contributed by atoms with Crippen LogP contribution in [0.5, 0.6) is 0 Å². The predicted octanol–water partition coefficient (Wildman–Crippen LogP) is 1.62. The van der Waals surface area contributed by atoms with Gasteiger partial charge >= 0.3 is 8.35 Å². The Hall–Kier alpha value is 0.427. The summed E-state index contributed by atoms with van der Waals surface area (Å²) in [6.45, 7) is 7.82. The second kappa shape index (κ2) is 5.23. The van der Waals surface area contributed by atoms with Gasteiger partial charge in [-0.15, -0.1) is 11.1 Å². The van der Waals surface area contributed by atoms with Crippen LogP contribution >= 0.6 is 11.1 Å². The lowest BCUT2D eigenvalue weighted by Crippen LogP contribution is -2.27. The van der Waals surface area contributed by atoms with E-state index in [0.29, 0.717) is 0 Å². The summed E-state index contributed by atoms with van der Waals surface area (Å²) in [5.74, 6) is 0. The summed E-state index contributed by atoms with van der Waals surface area (Å²) in [4.78, 5) is 0. The average Bonchev–Trinajstić information content (AvgIpc) is 1.82. The summed E-state index contributed by atoms with van der Waals surface area (Å²) >= 11 is 5.67. The minimum absolute atomic E-state index is 0.908. The lowest BCUT2D eigenvalue weighted by Gasteiger charge is -2.18. The van der Waals surface area contributed by atoms with E-state index in [1.807, 2.05) is 25.5 Å². The van der Waals surface area contributed by atoms with E-state index < -0.39 is 8.35 Å². The molecular formula is C5H13ClNOSi. The van der Waals surface area contributed by atoms with Gasteiger partial charge in [0.05, 0.1) is 0 Å². The fourth-order valence-electron chi connectivity index (χ4n) is 0.531. The van der Waals surface area contributed by atoms with Crippen molar-refractivity contribution in [3.8, 4) is 0 Å². The summed E-state index contributed by atoms with van der Waals surface area (Å²) < 4.78 is 5.25. The van der Waals surface area contributed by atoms with Crippen molar-refractivity contribution < 1.29 is 4.53 Å². The Balaban J connectivity index is 3.31. The van der Waals surface area contributed by atoms with E-state index in [1.165, 1.54) is 0 Å². The van der Waals surface area contributed by atoms with Crippen molar-refractivity contribution in [2.24, 2.45) is 0 Å². The largest absolute Gasteiger partial charge is 0.344 e. The molecule has 0 aliphatic carbocycles. The van der Waals surface area contributed by atoms with Gasteiger partial charge in [-0.2, -0.15) is 0 Å². The number of nitrogens with zero attached hydrogens (tertiary/aromatic N) is 1. The monoisotopic (exact) mass is 166 g/mol. The average molecular weight is 167 g/mol. The van der Waals surface area contributed by atoms with E-state index in [1.54, 1.807) is 0 Å². The molecule has 0 N–H and O–H groups in total. The van der Waals surface area contributed by atoms with Crippen molar-refractivity contribution in [2.75, 3.05) is 13.1 Å². The normalized spacial score (nSPS) is 11.3. The van der Waals surface area contributed by atoms with E-state index in [0.717, 1.165) is 13.1 Å². The number of hydrogen-bond donors (Lipinski definition) is 0. The van der Waals surface area contributed by atoms with Crippen molar-refractivity contribution in [3.63, 3.8) is 0 Å². The Kier molecular flexibility index (Phi) is 5.48. The SMILES string of the molecule is CCN(CC)O[Si](C)Cl. The Bertz CT molecular complexity index is 68.0.